The molecule has 3 atom stereocenters. The Bertz CT molecular complexity index is 221. The Labute approximate surface area is 113 Å². The lowest BCUT2D eigenvalue weighted by Gasteiger charge is -2.42. The standard InChI is InChI=1S/C15H32N2O/c1-12(2)13-7-8-14(16-3)15(11-13)17(4)9-6-10-18-5/h12-16H,6-11H2,1-5H3. The topological polar surface area (TPSA) is 24.5 Å². The van der Waals surface area contributed by atoms with Crippen LogP contribution in [-0.2, 0) is 4.74 Å². The van der Waals surface area contributed by atoms with Crippen molar-refractivity contribution < 1.29 is 4.74 Å². The van der Waals surface area contributed by atoms with E-state index in [0.717, 1.165) is 31.4 Å². The van der Waals surface area contributed by atoms with Crippen LogP contribution in [0.25, 0.3) is 0 Å². The maximum atomic E-state index is 5.15. The molecule has 0 aromatic heterocycles. The summed E-state index contributed by atoms with van der Waals surface area (Å²) in [5.74, 6) is 1.71. The van der Waals surface area contributed by atoms with E-state index in [-0.39, 0.29) is 0 Å². The second-order valence-electron chi connectivity index (χ2n) is 6.11. The number of likely N-dealkylation sites (N-methyl/N-ethyl adjacent to an activating group) is 2. The molecule has 0 heterocycles. The van der Waals surface area contributed by atoms with Crippen LogP contribution in [0, 0.1) is 11.8 Å². The molecule has 1 aliphatic carbocycles. The van der Waals surface area contributed by atoms with Crippen molar-refractivity contribution in [3.8, 4) is 0 Å². The van der Waals surface area contributed by atoms with Gasteiger partial charge >= 0.3 is 0 Å². The Morgan fingerprint density at radius 3 is 2.61 bits per heavy atom. The molecule has 0 radical (unpaired) electrons. The molecule has 0 amide bonds. The highest BCUT2D eigenvalue weighted by atomic mass is 16.5. The van der Waals surface area contributed by atoms with Gasteiger partial charge in [0, 0.05) is 32.3 Å². The second kappa shape index (κ2) is 8.13. The number of methoxy groups -OCH3 is 1. The molecule has 1 saturated carbocycles. The molecule has 0 aromatic rings. The maximum Gasteiger partial charge on any atom is 0.0474 e. The number of nitrogens with zero attached hydrogens (tertiary/aromatic N) is 1. The van der Waals surface area contributed by atoms with Gasteiger partial charge in [0.05, 0.1) is 0 Å². The average molecular weight is 256 g/mol. The molecule has 0 saturated heterocycles. The molecule has 0 aliphatic heterocycles. The molecule has 1 fully saturated rings. The lowest BCUT2D eigenvalue weighted by molar-refractivity contribution is 0.0953. The summed E-state index contributed by atoms with van der Waals surface area (Å²) < 4.78 is 5.15. The molecule has 1 N–H and O–H groups in total. The fourth-order valence-electron chi connectivity index (χ4n) is 3.23. The quantitative estimate of drug-likeness (QED) is 0.708. The number of nitrogens with one attached hydrogen (secondary N) is 1. The summed E-state index contributed by atoms with van der Waals surface area (Å²) in [5, 5.41) is 3.51. The minimum absolute atomic E-state index is 0.660. The van der Waals surface area contributed by atoms with Crippen molar-refractivity contribution in [1.29, 1.82) is 0 Å². The van der Waals surface area contributed by atoms with E-state index in [0.29, 0.717) is 12.1 Å². The van der Waals surface area contributed by atoms with Crippen LogP contribution in [0.15, 0.2) is 0 Å². The van der Waals surface area contributed by atoms with Gasteiger partial charge in [-0.25, -0.2) is 0 Å². The van der Waals surface area contributed by atoms with E-state index in [9.17, 15) is 0 Å². The number of hydrogen-bond acceptors (Lipinski definition) is 3. The number of hydrogen-bond donors (Lipinski definition) is 1. The Morgan fingerprint density at radius 1 is 1.33 bits per heavy atom. The van der Waals surface area contributed by atoms with Crippen LogP contribution < -0.4 is 5.32 Å². The monoisotopic (exact) mass is 256 g/mol. The molecule has 3 heteroatoms. The van der Waals surface area contributed by atoms with Crippen LogP contribution in [0.1, 0.15) is 39.5 Å². The van der Waals surface area contributed by atoms with E-state index >= 15 is 0 Å². The lowest BCUT2D eigenvalue weighted by atomic mass is 9.76. The van der Waals surface area contributed by atoms with Crippen LogP contribution in [-0.4, -0.2) is 51.3 Å². The normalized spacial score (nSPS) is 29.2. The molecule has 1 rings (SSSR count). The van der Waals surface area contributed by atoms with Gasteiger partial charge in [-0.05, 0) is 51.6 Å². The van der Waals surface area contributed by atoms with Crippen molar-refractivity contribution in [1.82, 2.24) is 10.2 Å². The summed E-state index contributed by atoms with van der Waals surface area (Å²) in [4.78, 5) is 2.54. The summed E-state index contributed by atoms with van der Waals surface area (Å²) in [6.07, 6.45) is 5.17. The number of ether oxygens (including phenoxy) is 1. The smallest absolute Gasteiger partial charge is 0.0474 e. The van der Waals surface area contributed by atoms with Crippen molar-refractivity contribution in [2.75, 3.05) is 34.4 Å². The van der Waals surface area contributed by atoms with E-state index < -0.39 is 0 Å². The summed E-state index contributed by atoms with van der Waals surface area (Å²) in [6, 6.07) is 1.35. The predicted octanol–water partition coefficient (Wildman–Crippen LogP) is 2.37. The molecular weight excluding hydrogens is 224 g/mol. The third-order valence-corrected chi connectivity index (χ3v) is 4.60. The van der Waals surface area contributed by atoms with E-state index in [1.165, 1.54) is 19.3 Å². The van der Waals surface area contributed by atoms with Crippen molar-refractivity contribution in [3.05, 3.63) is 0 Å². The summed E-state index contributed by atoms with van der Waals surface area (Å²) in [6.45, 7) is 6.75. The highest BCUT2D eigenvalue weighted by Gasteiger charge is 2.32. The fraction of sp³-hybridized carbons (Fsp3) is 1.00. The van der Waals surface area contributed by atoms with Gasteiger partial charge < -0.3 is 15.0 Å². The molecule has 0 aromatic carbocycles. The maximum absolute atomic E-state index is 5.15. The van der Waals surface area contributed by atoms with Crippen LogP contribution in [0.3, 0.4) is 0 Å². The molecule has 3 nitrogen and oxygen atoms in total. The fourth-order valence-corrected chi connectivity index (χ4v) is 3.23. The zero-order valence-corrected chi connectivity index (χ0v) is 12.9. The van der Waals surface area contributed by atoms with Gasteiger partial charge in [-0.2, -0.15) is 0 Å². The first-order chi connectivity index (χ1) is 8.60. The first-order valence-electron chi connectivity index (χ1n) is 7.46. The third-order valence-electron chi connectivity index (χ3n) is 4.60. The van der Waals surface area contributed by atoms with E-state index in [1.807, 2.05) is 0 Å². The second-order valence-corrected chi connectivity index (χ2v) is 6.11. The van der Waals surface area contributed by atoms with Gasteiger partial charge in [0.2, 0.25) is 0 Å². The van der Waals surface area contributed by atoms with E-state index in [4.69, 9.17) is 4.74 Å². The molecule has 3 unspecified atom stereocenters. The van der Waals surface area contributed by atoms with Crippen molar-refractivity contribution >= 4 is 0 Å². The van der Waals surface area contributed by atoms with Gasteiger partial charge in [-0.3, -0.25) is 0 Å². The van der Waals surface area contributed by atoms with Crippen LogP contribution >= 0.6 is 0 Å². The van der Waals surface area contributed by atoms with Crippen molar-refractivity contribution in [2.24, 2.45) is 11.8 Å². The molecular formula is C15H32N2O. The van der Waals surface area contributed by atoms with Crippen LogP contribution in [0.2, 0.25) is 0 Å². The number of rotatable bonds is 7. The van der Waals surface area contributed by atoms with Crippen molar-refractivity contribution in [3.63, 3.8) is 0 Å². The van der Waals surface area contributed by atoms with Gasteiger partial charge in [0.25, 0.3) is 0 Å². The highest BCUT2D eigenvalue weighted by molar-refractivity contribution is 4.90. The van der Waals surface area contributed by atoms with Crippen LogP contribution in [0.4, 0.5) is 0 Å². The Morgan fingerprint density at radius 2 is 2.06 bits per heavy atom. The zero-order chi connectivity index (χ0) is 13.5. The Kier molecular flexibility index (Phi) is 7.20. The van der Waals surface area contributed by atoms with Crippen LogP contribution in [0.5, 0.6) is 0 Å². The minimum atomic E-state index is 0.660. The van der Waals surface area contributed by atoms with E-state index in [1.54, 1.807) is 7.11 Å². The zero-order valence-electron chi connectivity index (χ0n) is 12.9. The van der Waals surface area contributed by atoms with Gasteiger partial charge in [-0.1, -0.05) is 13.8 Å². The lowest BCUT2D eigenvalue weighted by Crippen LogP contribution is -2.51. The van der Waals surface area contributed by atoms with Crippen molar-refractivity contribution in [2.45, 2.75) is 51.6 Å². The summed E-state index contributed by atoms with van der Waals surface area (Å²) in [7, 11) is 6.16. The Hall–Kier alpha value is -0.120. The predicted molar refractivity (Wildman–Crippen MR) is 77.9 cm³/mol. The first-order valence-corrected chi connectivity index (χ1v) is 7.46. The highest BCUT2D eigenvalue weighted by Crippen LogP contribution is 2.32. The molecule has 1 aliphatic rings. The van der Waals surface area contributed by atoms with Gasteiger partial charge in [0.15, 0.2) is 0 Å². The SMILES string of the molecule is CNC1CCC(C(C)C)CC1N(C)CCCOC. The Balaban J connectivity index is 2.50. The van der Waals surface area contributed by atoms with Gasteiger partial charge in [-0.15, -0.1) is 0 Å². The summed E-state index contributed by atoms with van der Waals surface area (Å²) >= 11 is 0. The largest absolute Gasteiger partial charge is 0.385 e. The third kappa shape index (κ3) is 4.52. The first kappa shape index (κ1) is 15.9. The van der Waals surface area contributed by atoms with Gasteiger partial charge in [0.1, 0.15) is 0 Å². The molecule has 0 bridgehead atoms. The molecule has 18 heavy (non-hydrogen) atoms. The molecule has 108 valence electrons. The summed E-state index contributed by atoms with van der Waals surface area (Å²) in [5.41, 5.74) is 0. The molecule has 0 spiro atoms. The minimum Gasteiger partial charge on any atom is -0.385 e. The average Bonchev–Trinajstić information content (AvgIpc) is 2.38. The van der Waals surface area contributed by atoms with E-state index in [2.05, 4.69) is 38.2 Å².